The number of hydrogen-bond acceptors (Lipinski definition) is 5. The van der Waals surface area contributed by atoms with Crippen molar-refractivity contribution >= 4 is 17.3 Å². The number of rotatable bonds is 4. The third-order valence-electron chi connectivity index (χ3n) is 7.06. The molecule has 2 bridgehead atoms. The smallest absolute Gasteiger partial charge is 0.338 e. The molecular formula is C23H24N2O4. The van der Waals surface area contributed by atoms with E-state index in [-0.39, 0.29) is 22.6 Å². The van der Waals surface area contributed by atoms with Crippen LogP contribution in [-0.2, 0) is 4.74 Å². The summed E-state index contributed by atoms with van der Waals surface area (Å²) < 4.78 is 5.20. The summed E-state index contributed by atoms with van der Waals surface area (Å²) in [7, 11) is 0. The minimum Gasteiger partial charge on any atom is -0.462 e. The molecule has 2 aromatic rings. The van der Waals surface area contributed by atoms with E-state index in [0.717, 1.165) is 11.3 Å². The van der Waals surface area contributed by atoms with Gasteiger partial charge in [-0.3, -0.25) is 10.1 Å². The number of nitrogens with zero attached hydrogens (tertiary/aromatic N) is 1. The van der Waals surface area contributed by atoms with Crippen molar-refractivity contribution in [1.29, 1.82) is 0 Å². The number of nitro benzene ring substituents is 1. The van der Waals surface area contributed by atoms with Gasteiger partial charge in [-0.1, -0.05) is 12.1 Å². The molecular weight excluding hydrogens is 368 g/mol. The lowest BCUT2D eigenvalue weighted by molar-refractivity contribution is -0.384. The van der Waals surface area contributed by atoms with Crippen LogP contribution in [0, 0.1) is 27.9 Å². The summed E-state index contributed by atoms with van der Waals surface area (Å²) in [6, 6.07) is 12.9. The SMILES string of the molecule is CCOC(=O)c1ccc2c(c1)[C@@H]1[C@H]3CC[C@@H](C3)[C@H]1[C@@H](c1ccc([N+](=O)[O-])cc1)N2. The molecule has 0 radical (unpaired) electrons. The summed E-state index contributed by atoms with van der Waals surface area (Å²) in [5.41, 5.74) is 4.12. The summed E-state index contributed by atoms with van der Waals surface area (Å²) in [6.07, 6.45) is 3.70. The number of benzene rings is 2. The van der Waals surface area contributed by atoms with E-state index >= 15 is 0 Å². The van der Waals surface area contributed by atoms with Crippen molar-refractivity contribution in [2.24, 2.45) is 17.8 Å². The number of nitrogens with one attached hydrogen (secondary N) is 1. The van der Waals surface area contributed by atoms with Crippen LogP contribution in [0.4, 0.5) is 11.4 Å². The van der Waals surface area contributed by atoms with Crippen molar-refractivity contribution < 1.29 is 14.5 Å². The van der Waals surface area contributed by atoms with E-state index in [0.29, 0.717) is 35.8 Å². The van der Waals surface area contributed by atoms with Crippen molar-refractivity contribution in [3.8, 4) is 0 Å². The molecule has 2 aromatic carbocycles. The molecule has 2 saturated carbocycles. The van der Waals surface area contributed by atoms with Crippen LogP contribution in [0.25, 0.3) is 0 Å². The van der Waals surface area contributed by atoms with Crippen molar-refractivity contribution in [2.75, 3.05) is 11.9 Å². The number of esters is 1. The van der Waals surface area contributed by atoms with Gasteiger partial charge >= 0.3 is 5.97 Å². The van der Waals surface area contributed by atoms with Crippen LogP contribution in [-0.4, -0.2) is 17.5 Å². The van der Waals surface area contributed by atoms with Gasteiger partial charge in [-0.15, -0.1) is 0 Å². The van der Waals surface area contributed by atoms with Gasteiger partial charge in [0.2, 0.25) is 0 Å². The predicted molar refractivity (Wildman–Crippen MR) is 109 cm³/mol. The van der Waals surface area contributed by atoms with E-state index in [1.807, 2.05) is 37.3 Å². The lowest BCUT2D eigenvalue weighted by Crippen LogP contribution is -2.35. The molecule has 6 heteroatoms. The Morgan fingerprint density at radius 2 is 1.93 bits per heavy atom. The van der Waals surface area contributed by atoms with Crippen LogP contribution in [0.1, 0.15) is 59.6 Å². The first-order valence-corrected chi connectivity index (χ1v) is 10.4. The number of ether oxygens (including phenoxy) is 1. The topological polar surface area (TPSA) is 81.5 Å². The fourth-order valence-corrected chi connectivity index (χ4v) is 5.96. The molecule has 0 amide bonds. The molecule has 6 nitrogen and oxygen atoms in total. The van der Waals surface area contributed by atoms with E-state index < -0.39 is 0 Å². The summed E-state index contributed by atoms with van der Waals surface area (Å²) in [5, 5.41) is 14.7. The van der Waals surface area contributed by atoms with Gasteiger partial charge in [0.15, 0.2) is 0 Å². The second kappa shape index (κ2) is 6.87. The first-order chi connectivity index (χ1) is 14.1. The van der Waals surface area contributed by atoms with Gasteiger partial charge in [0.1, 0.15) is 0 Å². The van der Waals surface area contributed by atoms with E-state index in [2.05, 4.69) is 5.32 Å². The van der Waals surface area contributed by atoms with Crippen molar-refractivity contribution in [1.82, 2.24) is 0 Å². The Morgan fingerprint density at radius 1 is 1.17 bits per heavy atom. The zero-order valence-electron chi connectivity index (χ0n) is 16.3. The molecule has 29 heavy (non-hydrogen) atoms. The molecule has 0 unspecified atom stereocenters. The Hall–Kier alpha value is -2.89. The molecule has 150 valence electrons. The van der Waals surface area contributed by atoms with Crippen molar-refractivity contribution in [2.45, 2.75) is 38.1 Å². The average Bonchev–Trinajstić information content (AvgIpc) is 3.36. The summed E-state index contributed by atoms with van der Waals surface area (Å²) in [6.45, 7) is 2.19. The highest BCUT2D eigenvalue weighted by Gasteiger charge is 2.53. The van der Waals surface area contributed by atoms with Crippen molar-refractivity contribution in [3.05, 3.63) is 69.3 Å². The van der Waals surface area contributed by atoms with Gasteiger partial charge in [-0.25, -0.2) is 4.79 Å². The van der Waals surface area contributed by atoms with Gasteiger partial charge < -0.3 is 10.1 Å². The Morgan fingerprint density at radius 3 is 2.66 bits per heavy atom. The van der Waals surface area contributed by atoms with Gasteiger partial charge in [-0.05, 0) is 79.2 Å². The Labute approximate surface area is 169 Å². The van der Waals surface area contributed by atoms with Crippen LogP contribution in [0.5, 0.6) is 0 Å². The maximum atomic E-state index is 12.3. The molecule has 1 aliphatic heterocycles. The van der Waals surface area contributed by atoms with E-state index in [4.69, 9.17) is 4.74 Å². The number of nitro groups is 1. The van der Waals surface area contributed by atoms with Gasteiger partial charge in [-0.2, -0.15) is 0 Å². The van der Waals surface area contributed by atoms with Crippen LogP contribution in [0.15, 0.2) is 42.5 Å². The fourth-order valence-electron chi connectivity index (χ4n) is 5.96. The molecule has 1 heterocycles. The van der Waals surface area contributed by atoms with Crippen molar-refractivity contribution in [3.63, 3.8) is 0 Å². The van der Waals surface area contributed by atoms with Crippen LogP contribution in [0.2, 0.25) is 0 Å². The van der Waals surface area contributed by atoms with E-state index in [9.17, 15) is 14.9 Å². The standard InChI is InChI=1S/C23H24N2O4/c1-2-29-23(26)16-7-10-19-18(12-16)20-14-3-4-15(11-14)21(20)22(24-19)13-5-8-17(9-6-13)25(27)28/h5-10,12,14-15,20-22,24H,2-4,11H2,1H3/t14-,15-,20-,21+,22+/m0/s1. The van der Waals surface area contributed by atoms with Gasteiger partial charge in [0.25, 0.3) is 5.69 Å². The molecule has 2 fully saturated rings. The average molecular weight is 392 g/mol. The quantitative estimate of drug-likeness (QED) is 0.446. The monoisotopic (exact) mass is 392 g/mol. The largest absolute Gasteiger partial charge is 0.462 e. The summed E-state index contributed by atoms with van der Waals surface area (Å²) >= 11 is 0. The third-order valence-corrected chi connectivity index (χ3v) is 7.06. The summed E-state index contributed by atoms with van der Waals surface area (Å²) in [5.74, 6) is 1.88. The number of hydrogen-bond donors (Lipinski definition) is 1. The number of anilines is 1. The molecule has 2 aliphatic carbocycles. The number of fused-ring (bicyclic) bond motifs is 7. The van der Waals surface area contributed by atoms with Crippen LogP contribution in [0.3, 0.4) is 0 Å². The summed E-state index contributed by atoms with van der Waals surface area (Å²) in [4.78, 5) is 22.9. The Bertz CT molecular complexity index is 971. The molecule has 1 N–H and O–H groups in total. The fraction of sp³-hybridized carbons (Fsp3) is 0.435. The maximum absolute atomic E-state index is 12.3. The molecule has 5 atom stereocenters. The molecule has 0 spiro atoms. The highest BCUT2D eigenvalue weighted by Crippen LogP contribution is 2.63. The zero-order valence-corrected chi connectivity index (χ0v) is 16.3. The van der Waals surface area contributed by atoms with E-state index in [1.54, 1.807) is 12.1 Å². The predicted octanol–water partition coefficient (Wildman–Crippen LogP) is 5.07. The van der Waals surface area contributed by atoms with Gasteiger partial charge in [0.05, 0.1) is 23.1 Å². The normalized spacial score (nSPS) is 28.9. The highest BCUT2D eigenvalue weighted by molar-refractivity contribution is 5.90. The van der Waals surface area contributed by atoms with E-state index in [1.165, 1.54) is 24.8 Å². The highest BCUT2D eigenvalue weighted by atomic mass is 16.6. The second-order valence-electron chi connectivity index (χ2n) is 8.43. The number of carbonyl (C=O) groups is 1. The molecule has 0 saturated heterocycles. The third kappa shape index (κ3) is 2.89. The minimum absolute atomic E-state index is 0.119. The van der Waals surface area contributed by atoms with Crippen LogP contribution >= 0.6 is 0 Å². The van der Waals surface area contributed by atoms with Gasteiger partial charge in [0, 0.05) is 17.8 Å². The molecule has 5 rings (SSSR count). The first kappa shape index (κ1) is 18.2. The van der Waals surface area contributed by atoms with Crippen LogP contribution < -0.4 is 5.32 Å². The minimum atomic E-state index is -0.357. The molecule has 3 aliphatic rings. The maximum Gasteiger partial charge on any atom is 0.338 e. The zero-order chi connectivity index (χ0) is 20.1. The lowest BCUT2D eigenvalue weighted by Gasteiger charge is -2.43. The Balaban J connectivity index is 1.54. The lowest BCUT2D eigenvalue weighted by atomic mass is 9.68. The number of carbonyl (C=O) groups excluding carboxylic acids is 1. The molecule has 0 aromatic heterocycles. The Kier molecular flexibility index (Phi) is 4.30. The second-order valence-corrected chi connectivity index (χ2v) is 8.43. The number of non-ortho nitro benzene ring substituents is 1. The first-order valence-electron chi connectivity index (χ1n) is 10.4.